The van der Waals surface area contributed by atoms with Crippen LogP contribution < -0.4 is 5.32 Å². The zero-order chi connectivity index (χ0) is 13.3. The van der Waals surface area contributed by atoms with Crippen LogP contribution in [0.5, 0.6) is 0 Å². The molecule has 2 amide bonds. The van der Waals surface area contributed by atoms with Gasteiger partial charge >= 0.3 is 6.03 Å². The fourth-order valence-electron chi connectivity index (χ4n) is 1.95. The molecule has 18 heavy (non-hydrogen) atoms. The van der Waals surface area contributed by atoms with Crippen LogP contribution in [0.2, 0.25) is 0 Å². The van der Waals surface area contributed by atoms with Gasteiger partial charge in [-0.15, -0.1) is 0 Å². The first-order valence-corrected chi connectivity index (χ1v) is 5.47. The molecule has 96 valence electrons. The quantitative estimate of drug-likeness (QED) is 0.891. The van der Waals surface area contributed by atoms with Gasteiger partial charge in [0.05, 0.1) is 12.6 Å². The van der Waals surface area contributed by atoms with E-state index in [2.05, 4.69) is 5.32 Å². The van der Waals surface area contributed by atoms with Crippen LogP contribution in [0.1, 0.15) is 18.5 Å². The Labute approximate surface area is 103 Å². The van der Waals surface area contributed by atoms with Crippen LogP contribution in [0.25, 0.3) is 0 Å². The molecule has 0 aliphatic carbocycles. The van der Waals surface area contributed by atoms with Gasteiger partial charge in [-0.05, 0) is 13.0 Å². The van der Waals surface area contributed by atoms with Gasteiger partial charge in [-0.2, -0.15) is 0 Å². The predicted molar refractivity (Wildman–Crippen MR) is 59.9 cm³/mol. The lowest BCUT2D eigenvalue weighted by molar-refractivity contribution is -0.117. The smallest absolute Gasteiger partial charge is 0.318 e. The van der Waals surface area contributed by atoms with Crippen molar-refractivity contribution in [1.29, 1.82) is 0 Å². The number of urea groups is 1. The molecule has 1 saturated heterocycles. The molecule has 1 unspecified atom stereocenters. The summed E-state index contributed by atoms with van der Waals surface area (Å²) in [6.45, 7) is 1.56. The summed E-state index contributed by atoms with van der Waals surface area (Å²) in [5.74, 6) is -1.52. The highest BCUT2D eigenvalue weighted by molar-refractivity contribution is 5.85. The molecule has 1 aliphatic rings. The van der Waals surface area contributed by atoms with E-state index in [0.717, 1.165) is 12.1 Å². The zero-order valence-corrected chi connectivity index (χ0v) is 9.74. The lowest BCUT2D eigenvalue weighted by Crippen LogP contribution is -2.32. The maximum atomic E-state index is 13.5. The number of amides is 2. The van der Waals surface area contributed by atoms with E-state index in [-0.39, 0.29) is 24.4 Å². The third-order valence-electron chi connectivity index (χ3n) is 2.74. The van der Waals surface area contributed by atoms with Crippen molar-refractivity contribution < 1.29 is 18.4 Å². The van der Waals surface area contributed by atoms with Crippen molar-refractivity contribution in [3.8, 4) is 0 Å². The molecular formula is C12H12F2N2O2. The Balaban J connectivity index is 2.16. The molecule has 1 atom stereocenters. The third kappa shape index (κ3) is 2.47. The summed E-state index contributed by atoms with van der Waals surface area (Å²) in [5, 5.41) is 2.56. The number of hydrogen-bond donors (Lipinski definition) is 1. The topological polar surface area (TPSA) is 49.4 Å². The molecular weight excluding hydrogens is 242 g/mol. The Morgan fingerprint density at radius 3 is 2.83 bits per heavy atom. The third-order valence-corrected chi connectivity index (χ3v) is 2.74. The fourth-order valence-corrected chi connectivity index (χ4v) is 1.95. The maximum absolute atomic E-state index is 13.5. The van der Waals surface area contributed by atoms with Crippen LogP contribution in [0.3, 0.4) is 0 Å². The number of carbonyl (C=O) groups is 2. The fraction of sp³-hybridized carbons (Fsp3) is 0.333. The highest BCUT2D eigenvalue weighted by Crippen LogP contribution is 2.23. The van der Waals surface area contributed by atoms with Crippen molar-refractivity contribution in [3.05, 3.63) is 35.4 Å². The minimum atomic E-state index is -0.704. The molecule has 1 aromatic rings. The number of carbonyl (C=O) groups excluding carboxylic acids is 2. The van der Waals surface area contributed by atoms with Gasteiger partial charge in [0.15, 0.2) is 0 Å². The molecule has 1 fully saturated rings. The summed E-state index contributed by atoms with van der Waals surface area (Å²) >= 11 is 0. The van der Waals surface area contributed by atoms with E-state index < -0.39 is 23.7 Å². The van der Waals surface area contributed by atoms with Crippen molar-refractivity contribution in [2.75, 3.05) is 13.1 Å². The lowest BCUT2D eigenvalue weighted by Gasteiger charge is -2.13. The molecule has 6 heteroatoms. The standard InChI is InChI=1S/C12H12F2N2O2/c1-7(17)5-16-6-11(15-12(16)18)9-3-2-8(13)4-10(9)14/h2-4,11H,5-6H2,1H3,(H,15,18). The molecule has 4 nitrogen and oxygen atoms in total. The zero-order valence-electron chi connectivity index (χ0n) is 9.74. The summed E-state index contributed by atoms with van der Waals surface area (Å²) in [5.41, 5.74) is 0.218. The Morgan fingerprint density at radius 1 is 1.50 bits per heavy atom. The largest absolute Gasteiger partial charge is 0.329 e. The highest BCUT2D eigenvalue weighted by atomic mass is 19.1. The van der Waals surface area contributed by atoms with Crippen LogP contribution >= 0.6 is 0 Å². The number of halogens is 2. The van der Waals surface area contributed by atoms with Gasteiger partial charge in [0, 0.05) is 18.2 Å². The average Bonchev–Trinajstić information content (AvgIpc) is 2.59. The van der Waals surface area contributed by atoms with E-state index in [9.17, 15) is 18.4 Å². The van der Waals surface area contributed by atoms with E-state index in [1.54, 1.807) is 0 Å². The molecule has 0 spiro atoms. The van der Waals surface area contributed by atoms with Crippen LogP contribution in [0.4, 0.5) is 13.6 Å². The Kier molecular flexibility index (Phi) is 3.27. The number of nitrogens with one attached hydrogen (secondary N) is 1. The number of rotatable bonds is 3. The molecule has 0 radical (unpaired) electrons. The van der Waals surface area contributed by atoms with Gasteiger partial charge in [-0.3, -0.25) is 4.79 Å². The van der Waals surface area contributed by atoms with Crippen LogP contribution in [-0.2, 0) is 4.79 Å². The minimum Gasteiger partial charge on any atom is -0.329 e. The second kappa shape index (κ2) is 4.72. The molecule has 1 N–H and O–H groups in total. The van der Waals surface area contributed by atoms with Gasteiger partial charge in [-0.1, -0.05) is 6.07 Å². The molecule has 0 aromatic heterocycles. The lowest BCUT2D eigenvalue weighted by atomic mass is 10.1. The van der Waals surface area contributed by atoms with E-state index in [4.69, 9.17) is 0 Å². The number of benzene rings is 1. The maximum Gasteiger partial charge on any atom is 0.318 e. The summed E-state index contributed by atoms with van der Waals surface area (Å²) < 4.78 is 26.3. The Bertz CT molecular complexity index is 505. The molecule has 1 heterocycles. The van der Waals surface area contributed by atoms with Gasteiger partial charge in [0.1, 0.15) is 17.4 Å². The molecule has 2 rings (SSSR count). The van der Waals surface area contributed by atoms with Crippen LogP contribution in [-0.4, -0.2) is 29.8 Å². The van der Waals surface area contributed by atoms with E-state index >= 15 is 0 Å². The number of nitrogens with zero attached hydrogens (tertiary/aromatic N) is 1. The first kappa shape index (κ1) is 12.5. The van der Waals surface area contributed by atoms with E-state index in [1.165, 1.54) is 17.9 Å². The van der Waals surface area contributed by atoms with Gasteiger partial charge in [-0.25, -0.2) is 13.6 Å². The predicted octanol–water partition coefficient (Wildman–Crippen LogP) is 1.62. The minimum absolute atomic E-state index is 0.00878. The highest BCUT2D eigenvalue weighted by Gasteiger charge is 2.31. The van der Waals surface area contributed by atoms with Gasteiger partial charge in [0.25, 0.3) is 0 Å². The van der Waals surface area contributed by atoms with Gasteiger partial charge in [0.2, 0.25) is 0 Å². The normalized spacial score (nSPS) is 18.9. The second-order valence-electron chi connectivity index (χ2n) is 4.25. The summed E-state index contributed by atoms with van der Waals surface area (Å²) in [6, 6.07) is 2.23. The number of Topliss-reactive ketones (excluding diaryl/α,β-unsaturated/α-hetero) is 1. The van der Waals surface area contributed by atoms with Crippen molar-refractivity contribution >= 4 is 11.8 Å². The SMILES string of the molecule is CC(=O)CN1CC(c2ccc(F)cc2F)NC1=O. The summed E-state index contributed by atoms with van der Waals surface area (Å²) in [4.78, 5) is 23.8. The first-order valence-electron chi connectivity index (χ1n) is 5.47. The van der Waals surface area contributed by atoms with E-state index in [0.29, 0.717) is 0 Å². The summed E-state index contributed by atoms with van der Waals surface area (Å²) in [7, 11) is 0. The van der Waals surface area contributed by atoms with Crippen LogP contribution in [0.15, 0.2) is 18.2 Å². The Hall–Kier alpha value is -1.98. The van der Waals surface area contributed by atoms with Crippen molar-refractivity contribution in [3.63, 3.8) is 0 Å². The molecule has 1 aliphatic heterocycles. The van der Waals surface area contributed by atoms with Crippen molar-refractivity contribution in [2.45, 2.75) is 13.0 Å². The van der Waals surface area contributed by atoms with Crippen molar-refractivity contribution in [1.82, 2.24) is 10.2 Å². The van der Waals surface area contributed by atoms with Crippen molar-refractivity contribution in [2.24, 2.45) is 0 Å². The molecule has 1 aromatic carbocycles. The monoisotopic (exact) mass is 254 g/mol. The van der Waals surface area contributed by atoms with Crippen LogP contribution in [0, 0.1) is 11.6 Å². The summed E-state index contributed by atoms with van der Waals surface area (Å²) in [6.07, 6.45) is 0. The second-order valence-corrected chi connectivity index (χ2v) is 4.25. The Morgan fingerprint density at radius 2 is 2.22 bits per heavy atom. The number of ketones is 1. The number of hydrogen-bond acceptors (Lipinski definition) is 2. The molecule has 0 bridgehead atoms. The first-order chi connectivity index (χ1) is 8.47. The van der Waals surface area contributed by atoms with E-state index in [1.807, 2.05) is 0 Å². The average molecular weight is 254 g/mol. The molecule has 0 saturated carbocycles. The van der Waals surface area contributed by atoms with Gasteiger partial charge < -0.3 is 10.2 Å².